The summed E-state index contributed by atoms with van der Waals surface area (Å²) in [6.07, 6.45) is 1.78. The van der Waals surface area contributed by atoms with Crippen molar-refractivity contribution in [3.8, 4) is 22.9 Å². The highest BCUT2D eigenvalue weighted by atomic mass is 16.4. The molecule has 22 heavy (non-hydrogen) atoms. The lowest BCUT2D eigenvalue weighted by Gasteiger charge is -1.99. The van der Waals surface area contributed by atoms with Gasteiger partial charge in [-0.25, -0.2) is 0 Å². The summed E-state index contributed by atoms with van der Waals surface area (Å²) in [5.41, 5.74) is 3.97. The molecule has 0 fully saturated rings. The van der Waals surface area contributed by atoms with Crippen molar-refractivity contribution in [1.29, 1.82) is 0 Å². The number of pyridine rings is 1. The Kier molecular flexibility index (Phi) is 2.93. The molecule has 0 unspecified atom stereocenters. The number of hydrogen-bond donors (Lipinski definition) is 0. The Morgan fingerprint density at radius 1 is 0.818 bits per heavy atom. The first-order chi connectivity index (χ1) is 10.8. The molecule has 4 aromatic rings. The molecule has 0 bridgehead atoms. The molecule has 0 saturated heterocycles. The highest BCUT2D eigenvalue weighted by Crippen LogP contribution is 2.26. The number of aromatic nitrogens is 3. The third-order valence-electron chi connectivity index (χ3n) is 3.57. The number of nitrogens with zero attached hydrogens (tertiary/aromatic N) is 3. The van der Waals surface area contributed by atoms with Gasteiger partial charge >= 0.3 is 0 Å². The van der Waals surface area contributed by atoms with Gasteiger partial charge in [0.05, 0.1) is 5.52 Å². The van der Waals surface area contributed by atoms with Crippen LogP contribution in [-0.4, -0.2) is 15.2 Å². The monoisotopic (exact) mass is 287 g/mol. The van der Waals surface area contributed by atoms with Gasteiger partial charge in [0.1, 0.15) is 0 Å². The van der Waals surface area contributed by atoms with Crippen LogP contribution in [0, 0.1) is 6.92 Å². The highest BCUT2D eigenvalue weighted by molar-refractivity contribution is 5.82. The van der Waals surface area contributed by atoms with Gasteiger partial charge in [-0.2, -0.15) is 0 Å². The van der Waals surface area contributed by atoms with E-state index in [0.717, 1.165) is 22.0 Å². The molecular weight excluding hydrogens is 274 g/mol. The number of fused-ring (bicyclic) bond motifs is 1. The Morgan fingerprint density at radius 3 is 2.36 bits per heavy atom. The number of benzene rings is 2. The average molecular weight is 287 g/mol. The summed E-state index contributed by atoms with van der Waals surface area (Å²) in [5, 5.41) is 9.35. The van der Waals surface area contributed by atoms with Gasteiger partial charge in [-0.1, -0.05) is 23.8 Å². The molecule has 0 saturated carbocycles. The van der Waals surface area contributed by atoms with E-state index in [1.807, 2.05) is 61.5 Å². The van der Waals surface area contributed by atoms with E-state index in [0.29, 0.717) is 11.8 Å². The molecule has 0 amide bonds. The standard InChI is InChI=1S/C18H13N3O/c1-12-4-6-13(7-5-12)17-20-21-18(22-17)15-8-9-16-14(11-15)3-2-10-19-16/h2-11H,1H3. The molecule has 2 aromatic carbocycles. The van der Waals surface area contributed by atoms with Crippen molar-refractivity contribution in [2.45, 2.75) is 6.92 Å². The van der Waals surface area contributed by atoms with Crippen LogP contribution >= 0.6 is 0 Å². The Morgan fingerprint density at radius 2 is 1.55 bits per heavy atom. The molecule has 106 valence electrons. The smallest absolute Gasteiger partial charge is 0.248 e. The molecular formula is C18H13N3O. The van der Waals surface area contributed by atoms with Gasteiger partial charge < -0.3 is 4.42 Å². The van der Waals surface area contributed by atoms with Crippen molar-refractivity contribution in [3.05, 3.63) is 66.4 Å². The van der Waals surface area contributed by atoms with Crippen LogP contribution in [0.15, 0.2) is 65.2 Å². The first-order valence-corrected chi connectivity index (χ1v) is 7.05. The quantitative estimate of drug-likeness (QED) is 0.552. The molecule has 4 rings (SSSR count). The van der Waals surface area contributed by atoms with E-state index < -0.39 is 0 Å². The van der Waals surface area contributed by atoms with Gasteiger partial charge in [0.2, 0.25) is 11.8 Å². The second-order valence-corrected chi connectivity index (χ2v) is 5.19. The van der Waals surface area contributed by atoms with Crippen LogP contribution in [0.2, 0.25) is 0 Å². The largest absolute Gasteiger partial charge is 0.416 e. The Balaban J connectivity index is 1.74. The maximum atomic E-state index is 5.80. The van der Waals surface area contributed by atoms with Gasteiger partial charge in [-0.3, -0.25) is 4.98 Å². The third kappa shape index (κ3) is 2.24. The Hall–Kier alpha value is -3.01. The van der Waals surface area contributed by atoms with E-state index in [1.165, 1.54) is 5.56 Å². The summed E-state index contributed by atoms with van der Waals surface area (Å²) in [4.78, 5) is 4.31. The van der Waals surface area contributed by atoms with E-state index in [9.17, 15) is 0 Å². The molecule has 0 aliphatic rings. The van der Waals surface area contributed by atoms with Gasteiger partial charge in [0, 0.05) is 22.7 Å². The molecule has 0 radical (unpaired) electrons. The summed E-state index contributed by atoms with van der Waals surface area (Å²) in [6.45, 7) is 2.05. The van der Waals surface area contributed by atoms with Crippen molar-refractivity contribution in [3.63, 3.8) is 0 Å². The van der Waals surface area contributed by atoms with E-state index in [1.54, 1.807) is 6.20 Å². The minimum absolute atomic E-state index is 0.515. The van der Waals surface area contributed by atoms with Gasteiger partial charge in [-0.15, -0.1) is 10.2 Å². The lowest BCUT2D eigenvalue weighted by Crippen LogP contribution is -1.81. The van der Waals surface area contributed by atoms with Gasteiger partial charge in [-0.05, 0) is 43.3 Å². The van der Waals surface area contributed by atoms with Crippen molar-refractivity contribution >= 4 is 10.9 Å². The van der Waals surface area contributed by atoms with Crippen molar-refractivity contribution in [2.75, 3.05) is 0 Å². The number of rotatable bonds is 2. The van der Waals surface area contributed by atoms with Crippen LogP contribution in [-0.2, 0) is 0 Å². The lowest BCUT2D eigenvalue weighted by molar-refractivity contribution is 0.584. The SMILES string of the molecule is Cc1ccc(-c2nnc(-c3ccc4ncccc4c3)o2)cc1. The molecule has 0 aliphatic carbocycles. The van der Waals surface area contributed by atoms with Gasteiger partial charge in [0.25, 0.3) is 0 Å². The summed E-state index contributed by atoms with van der Waals surface area (Å²) in [5.74, 6) is 1.04. The van der Waals surface area contributed by atoms with Crippen LogP contribution in [0.5, 0.6) is 0 Å². The van der Waals surface area contributed by atoms with Crippen molar-refractivity contribution < 1.29 is 4.42 Å². The summed E-state index contributed by atoms with van der Waals surface area (Å²) in [6, 6.07) is 17.9. The van der Waals surface area contributed by atoms with Crippen LogP contribution in [0.1, 0.15) is 5.56 Å². The maximum absolute atomic E-state index is 5.80. The summed E-state index contributed by atoms with van der Waals surface area (Å²) < 4.78 is 5.80. The molecule has 4 nitrogen and oxygen atoms in total. The average Bonchev–Trinajstić information content (AvgIpc) is 3.05. The topological polar surface area (TPSA) is 51.8 Å². The van der Waals surface area contributed by atoms with E-state index >= 15 is 0 Å². The fraction of sp³-hybridized carbons (Fsp3) is 0.0556. The Labute approximate surface area is 127 Å². The normalized spacial score (nSPS) is 11.0. The summed E-state index contributed by atoms with van der Waals surface area (Å²) in [7, 11) is 0. The van der Waals surface area contributed by atoms with Crippen LogP contribution in [0.25, 0.3) is 33.8 Å². The van der Waals surface area contributed by atoms with E-state index in [4.69, 9.17) is 4.42 Å². The highest BCUT2D eigenvalue weighted by Gasteiger charge is 2.10. The van der Waals surface area contributed by atoms with Crippen molar-refractivity contribution in [2.24, 2.45) is 0 Å². The molecule has 2 heterocycles. The molecule has 0 atom stereocenters. The first-order valence-electron chi connectivity index (χ1n) is 7.05. The second kappa shape index (κ2) is 5.07. The fourth-order valence-electron chi connectivity index (χ4n) is 2.36. The Bertz CT molecular complexity index is 942. The van der Waals surface area contributed by atoms with Crippen LogP contribution in [0.3, 0.4) is 0 Å². The zero-order valence-electron chi connectivity index (χ0n) is 12.0. The van der Waals surface area contributed by atoms with E-state index in [2.05, 4.69) is 15.2 Å². The molecule has 4 heteroatoms. The minimum Gasteiger partial charge on any atom is -0.416 e. The zero-order chi connectivity index (χ0) is 14.9. The van der Waals surface area contributed by atoms with Crippen molar-refractivity contribution in [1.82, 2.24) is 15.2 Å². The summed E-state index contributed by atoms with van der Waals surface area (Å²) >= 11 is 0. The van der Waals surface area contributed by atoms with Crippen LogP contribution in [0.4, 0.5) is 0 Å². The maximum Gasteiger partial charge on any atom is 0.248 e. The fourth-order valence-corrected chi connectivity index (χ4v) is 2.36. The molecule has 2 aromatic heterocycles. The number of hydrogen-bond acceptors (Lipinski definition) is 4. The van der Waals surface area contributed by atoms with E-state index in [-0.39, 0.29) is 0 Å². The zero-order valence-corrected chi connectivity index (χ0v) is 12.0. The predicted octanol–water partition coefficient (Wildman–Crippen LogP) is 4.26. The lowest BCUT2D eigenvalue weighted by atomic mass is 10.1. The molecule has 0 spiro atoms. The first kappa shape index (κ1) is 12.7. The predicted molar refractivity (Wildman–Crippen MR) is 85.2 cm³/mol. The third-order valence-corrected chi connectivity index (χ3v) is 3.57. The minimum atomic E-state index is 0.515. The number of aryl methyl sites for hydroxylation is 1. The molecule has 0 aliphatic heterocycles. The van der Waals surface area contributed by atoms with Crippen LogP contribution < -0.4 is 0 Å². The molecule has 0 N–H and O–H groups in total. The second-order valence-electron chi connectivity index (χ2n) is 5.19. The van der Waals surface area contributed by atoms with Gasteiger partial charge in [0.15, 0.2) is 0 Å².